The molecule has 1 aliphatic rings. The van der Waals surface area contributed by atoms with E-state index in [2.05, 4.69) is 0 Å². The third-order valence-corrected chi connectivity index (χ3v) is 6.53. The van der Waals surface area contributed by atoms with Crippen molar-refractivity contribution in [2.45, 2.75) is 23.5 Å². The SMILES string of the molecule is CCOC[C@@]1(C(N)=S)C[C@@H]1S(=O)(=O)c1ccc(Cl)cc1. The summed E-state index contributed by atoms with van der Waals surface area (Å²) in [5.74, 6) is 0. The summed E-state index contributed by atoms with van der Waals surface area (Å²) in [7, 11) is -3.47. The fourth-order valence-corrected chi connectivity index (χ4v) is 4.87. The Bertz CT molecular complexity index is 615. The van der Waals surface area contributed by atoms with Crippen molar-refractivity contribution in [3.8, 4) is 0 Å². The maximum absolute atomic E-state index is 12.6. The first-order valence-electron chi connectivity index (χ1n) is 6.21. The molecule has 1 fully saturated rings. The van der Waals surface area contributed by atoms with E-state index in [-0.39, 0.29) is 16.5 Å². The standard InChI is InChI=1S/C13H16ClNO3S2/c1-2-18-8-13(12(15)19)7-11(13)20(16,17)10-5-3-9(14)4-6-10/h3-6,11H,2,7-8H2,1H3,(H2,15,19)/t11-,13-/m0/s1. The van der Waals surface area contributed by atoms with Gasteiger partial charge >= 0.3 is 0 Å². The minimum Gasteiger partial charge on any atom is -0.393 e. The molecule has 20 heavy (non-hydrogen) atoms. The van der Waals surface area contributed by atoms with Gasteiger partial charge in [-0.25, -0.2) is 8.42 Å². The van der Waals surface area contributed by atoms with Gasteiger partial charge in [0.1, 0.15) is 0 Å². The molecule has 0 unspecified atom stereocenters. The first-order valence-corrected chi connectivity index (χ1v) is 8.55. The van der Waals surface area contributed by atoms with Crippen molar-refractivity contribution in [3.63, 3.8) is 0 Å². The number of hydrogen-bond donors (Lipinski definition) is 1. The molecule has 0 amide bonds. The van der Waals surface area contributed by atoms with Crippen LogP contribution in [-0.4, -0.2) is 31.9 Å². The summed E-state index contributed by atoms with van der Waals surface area (Å²) < 4.78 is 30.5. The largest absolute Gasteiger partial charge is 0.393 e. The molecular weight excluding hydrogens is 318 g/mol. The highest BCUT2D eigenvalue weighted by Gasteiger charge is 2.63. The number of halogens is 1. The highest BCUT2D eigenvalue weighted by atomic mass is 35.5. The van der Waals surface area contributed by atoms with Crippen LogP contribution in [0.3, 0.4) is 0 Å². The van der Waals surface area contributed by atoms with Crippen LogP contribution in [-0.2, 0) is 14.6 Å². The Balaban J connectivity index is 2.28. The molecule has 0 saturated heterocycles. The molecule has 4 nitrogen and oxygen atoms in total. The minimum atomic E-state index is -3.47. The van der Waals surface area contributed by atoms with Gasteiger partial charge in [0.25, 0.3) is 0 Å². The summed E-state index contributed by atoms with van der Waals surface area (Å²) >= 11 is 10.8. The predicted octanol–water partition coefficient (Wildman–Crippen LogP) is 2.20. The van der Waals surface area contributed by atoms with Crippen LogP contribution >= 0.6 is 23.8 Å². The van der Waals surface area contributed by atoms with E-state index in [1.165, 1.54) is 12.1 Å². The van der Waals surface area contributed by atoms with Crippen molar-refractivity contribution in [1.82, 2.24) is 0 Å². The van der Waals surface area contributed by atoms with Gasteiger partial charge in [-0.1, -0.05) is 23.8 Å². The summed E-state index contributed by atoms with van der Waals surface area (Å²) in [6.07, 6.45) is 0.410. The molecule has 1 aromatic carbocycles. The highest BCUT2D eigenvalue weighted by molar-refractivity contribution is 7.92. The van der Waals surface area contributed by atoms with Gasteiger partial charge in [-0.05, 0) is 37.6 Å². The van der Waals surface area contributed by atoms with Crippen molar-refractivity contribution in [2.24, 2.45) is 11.1 Å². The maximum Gasteiger partial charge on any atom is 0.182 e. The van der Waals surface area contributed by atoms with Crippen LogP contribution in [0.1, 0.15) is 13.3 Å². The zero-order valence-corrected chi connectivity index (χ0v) is 13.4. The molecule has 0 aliphatic heterocycles. The normalized spacial score (nSPS) is 25.4. The van der Waals surface area contributed by atoms with E-state index in [1.807, 2.05) is 6.92 Å². The Morgan fingerprint density at radius 2 is 2.10 bits per heavy atom. The van der Waals surface area contributed by atoms with E-state index in [0.29, 0.717) is 18.1 Å². The van der Waals surface area contributed by atoms with Crippen molar-refractivity contribution in [3.05, 3.63) is 29.3 Å². The molecule has 1 aliphatic carbocycles. The number of sulfone groups is 1. The predicted molar refractivity (Wildman–Crippen MR) is 82.8 cm³/mol. The molecular formula is C13H16ClNO3S2. The number of thiocarbonyl (C=S) groups is 1. The van der Waals surface area contributed by atoms with Gasteiger partial charge in [0.15, 0.2) is 9.84 Å². The zero-order valence-electron chi connectivity index (χ0n) is 11.0. The third-order valence-electron chi connectivity index (χ3n) is 3.58. The van der Waals surface area contributed by atoms with Crippen LogP contribution in [0.25, 0.3) is 0 Å². The van der Waals surface area contributed by atoms with Crippen LogP contribution in [0.4, 0.5) is 0 Å². The minimum absolute atomic E-state index is 0.202. The number of benzene rings is 1. The zero-order chi connectivity index (χ0) is 15.0. The van der Waals surface area contributed by atoms with Gasteiger partial charge in [0.05, 0.1) is 27.2 Å². The summed E-state index contributed by atoms with van der Waals surface area (Å²) in [4.78, 5) is 0.440. The molecule has 2 atom stereocenters. The summed E-state index contributed by atoms with van der Waals surface area (Å²) in [5.41, 5.74) is 5.00. The Hall–Kier alpha value is -0.690. The molecule has 0 heterocycles. The Labute approximate surface area is 129 Å². The van der Waals surface area contributed by atoms with Crippen molar-refractivity contribution >= 4 is 38.6 Å². The monoisotopic (exact) mass is 333 g/mol. The summed E-state index contributed by atoms with van der Waals surface area (Å²) in [6, 6.07) is 6.12. The highest BCUT2D eigenvalue weighted by Crippen LogP contribution is 2.53. The molecule has 0 spiro atoms. The van der Waals surface area contributed by atoms with Crippen molar-refractivity contribution < 1.29 is 13.2 Å². The average Bonchev–Trinajstić information content (AvgIpc) is 3.14. The lowest BCUT2D eigenvalue weighted by Crippen LogP contribution is -2.33. The first-order chi connectivity index (χ1) is 9.34. The Morgan fingerprint density at radius 1 is 1.50 bits per heavy atom. The smallest absolute Gasteiger partial charge is 0.182 e. The average molecular weight is 334 g/mol. The Kier molecular flexibility index (Phi) is 4.39. The number of ether oxygens (including phenoxy) is 1. The van der Waals surface area contributed by atoms with Crippen LogP contribution < -0.4 is 5.73 Å². The molecule has 0 radical (unpaired) electrons. The fraction of sp³-hybridized carbons (Fsp3) is 0.462. The molecule has 2 rings (SSSR count). The van der Waals surface area contributed by atoms with Gasteiger partial charge < -0.3 is 10.5 Å². The van der Waals surface area contributed by atoms with Gasteiger partial charge in [-0.2, -0.15) is 0 Å². The van der Waals surface area contributed by atoms with Gasteiger partial charge in [0.2, 0.25) is 0 Å². The van der Waals surface area contributed by atoms with E-state index in [0.717, 1.165) is 0 Å². The molecule has 2 N–H and O–H groups in total. The number of rotatable bonds is 6. The topological polar surface area (TPSA) is 69.4 Å². The van der Waals surface area contributed by atoms with E-state index >= 15 is 0 Å². The molecule has 1 aromatic rings. The Morgan fingerprint density at radius 3 is 2.60 bits per heavy atom. The lowest BCUT2D eigenvalue weighted by molar-refractivity contribution is 0.123. The molecule has 1 saturated carbocycles. The second kappa shape index (κ2) is 5.60. The van der Waals surface area contributed by atoms with Gasteiger partial charge in [-0.15, -0.1) is 0 Å². The van der Waals surface area contributed by atoms with E-state index in [1.54, 1.807) is 12.1 Å². The van der Waals surface area contributed by atoms with E-state index in [9.17, 15) is 8.42 Å². The van der Waals surface area contributed by atoms with Crippen molar-refractivity contribution in [1.29, 1.82) is 0 Å². The van der Waals surface area contributed by atoms with Gasteiger partial charge in [0, 0.05) is 11.6 Å². The molecule has 7 heteroatoms. The van der Waals surface area contributed by atoms with Crippen LogP contribution in [0.5, 0.6) is 0 Å². The molecule has 0 bridgehead atoms. The number of hydrogen-bond acceptors (Lipinski definition) is 4. The second-order valence-corrected chi connectivity index (χ2v) is 7.86. The summed E-state index contributed by atoms with van der Waals surface area (Å²) in [6.45, 7) is 2.59. The third kappa shape index (κ3) is 2.70. The van der Waals surface area contributed by atoms with Crippen LogP contribution in [0.15, 0.2) is 29.2 Å². The second-order valence-electron chi connectivity index (χ2n) is 4.85. The first kappa shape index (κ1) is 15.7. The van der Waals surface area contributed by atoms with Gasteiger partial charge in [-0.3, -0.25) is 0 Å². The molecule has 0 aromatic heterocycles. The quantitative estimate of drug-likeness (QED) is 0.808. The van der Waals surface area contributed by atoms with Crippen LogP contribution in [0.2, 0.25) is 5.02 Å². The lowest BCUT2D eigenvalue weighted by Gasteiger charge is -2.15. The lowest BCUT2D eigenvalue weighted by atomic mass is 10.1. The van der Waals surface area contributed by atoms with Crippen LogP contribution in [0, 0.1) is 5.41 Å². The number of nitrogens with two attached hydrogens (primary N) is 1. The summed E-state index contributed by atoms with van der Waals surface area (Å²) in [5, 5.41) is -0.116. The fourth-order valence-electron chi connectivity index (χ4n) is 2.23. The van der Waals surface area contributed by atoms with Crippen molar-refractivity contribution in [2.75, 3.05) is 13.2 Å². The maximum atomic E-state index is 12.6. The van der Waals surface area contributed by atoms with E-state index < -0.39 is 20.5 Å². The molecule has 110 valence electrons. The van der Waals surface area contributed by atoms with E-state index in [4.69, 9.17) is 34.3 Å².